The molecule has 0 atom stereocenters. The van der Waals surface area contributed by atoms with Crippen molar-refractivity contribution in [1.29, 1.82) is 0 Å². The van der Waals surface area contributed by atoms with Crippen LogP contribution < -0.4 is 5.32 Å². The molecule has 7 heteroatoms. The summed E-state index contributed by atoms with van der Waals surface area (Å²) in [5.41, 5.74) is 4.74. The average molecular weight is 298 g/mol. The predicted molar refractivity (Wildman–Crippen MR) is 81.6 cm³/mol. The fraction of sp³-hybridized carbons (Fsp3) is 0.333. The highest BCUT2D eigenvalue weighted by atomic mass is 16.1. The van der Waals surface area contributed by atoms with Gasteiger partial charge in [0.2, 0.25) is 0 Å². The molecule has 3 aromatic rings. The number of rotatable bonds is 3. The fourth-order valence-electron chi connectivity index (χ4n) is 2.53. The lowest BCUT2D eigenvalue weighted by Gasteiger charge is -2.05. The highest BCUT2D eigenvalue weighted by molar-refractivity contribution is 5.99. The van der Waals surface area contributed by atoms with Crippen LogP contribution in [0.3, 0.4) is 0 Å². The number of hydrogen-bond donors (Lipinski definition) is 1. The van der Waals surface area contributed by atoms with E-state index in [2.05, 4.69) is 20.5 Å². The Morgan fingerprint density at radius 2 is 2.00 bits per heavy atom. The lowest BCUT2D eigenvalue weighted by Crippen LogP contribution is -2.24. The SMILES string of the molecule is Cc1cc(C)n2ncc(C(=O)NCc3cc(C)nn3C)c2n1. The van der Waals surface area contributed by atoms with E-state index in [0.717, 1.165) is 22.8 Å². The molecule has 1 amide bonds. The Balaban J connectivity index is 1.85. The van der Waals surface area contributed by atoms with Crippen molar-refractivity contribution >= 4 is 11.6 Å². The molecule has 0 radical (unpaired) electrons. The summed E-state index contributed by atoms with van der Waals surface area (Å²) in [4.78, 5) is 16.8. The van der Waals surface area contributed by atoms with Crippen molar-refractivity contribution in [2.45, 2.75) is 27.3 Å². The van der Waals surface area contributed by atoms with Crippen LogP contribution in [0.5, 0.6) is 0 Å². The van der Waals surface area contributed by atoms with Gasteiger partial charge in [-0.05, 0) is 32.9 Å². The Kier molecular flexibility index (Phi) is 3.40. The van der Waals surface area contributed by atoms with E-state index in [1.54, 1.807) is 15.4 Å². The van der Waals surface area contributed by atoms with E-state index in [9.17, 15) is 4.79 Å². The lowest BCUT2D eigenvalue weighted by atomic mass is 10.3. The van der Waals surface area contributed by atoms with Gasteiger partial charge in [-0.3, -0.25) is 9.48 Å². The maximum Gasteiger partial charge on any atom is 0.257 e. The molecule has 0 bridgehead atoms. The molecule has 3 heterocycles. The first-order valence-corrected chi connectivity index (χ1v) is 7.05. The number of nitrogens with zero attached hydrogens (tertiary/aromatic N) is 5. The number of hydrogen-bond acceptors (Lipinski definition) is 4. The largest absolute Gasteiger partial charge is 0.346 e. The molecule has 0 aliphatic rings. The molecule has 1 N–H and O–H groups in total. The Bertz CT molecular complexity index is 860. The van der Waals surface area contributed by atoms with Gasteiger partial charge in [-0.2, -0.15) is 10.2 Å². The molecule has 0 saturated carbocycles. The number of amides is 1. The third kappa shape index (κ3) is 2.45. The number of aryl methyl sites for hydroxylation is 4. The molecule has 0 aliphatic carbocycles. The van der Waals surface area contributed by atoms with Crippen LogP contribution >= 0.6 is 0 Å². The minimum absolute atomic E-state index is 0.189. The predicted octanol–water partition coefficient (Wildman–Crippen LogP) is 1.32. The minimum atomic E-state index is -0.189. The molecule has 0 fully saturated rings. The van der Waals surface area contributed by atoms with Crippen LogP contribution in [0.15, 0.2) is 18.3 Å². The Morgan fingerprint density at radius 1 is 1.23 bits per heavy atom. The van der Waals surface area contributed by atoms with Crippen LogP contribution in [0.4, 0.5) is 0 Å². The summed E-state index contributed by atoms with van der Waals surface area (Å²) >= 11 is 0. The van der Waals surface area contributed by atoms with E-state index in [-0.39, 0.29) is 5.91 Å². The van der Waals surface area contributed by atoms with E-state index in [1.165, 1.54) is 0 Å². The van der Waals surface area contributed by atoms with Crippen LogP contribution in [-0.4, -0.2) is 30.3 Å². The molecule has 0 aromatic carbocycles. The van der Waals surface area contributed by atoms with Crippen molar-refractivity contribution in [2.24, 2.45) is 7.05 Å². The van der Waals surface area contributed by atoms with Crippen LogP contribution in [0.2, 0.25) is 0 Å². The topological polar surface area (TPSA) is 77.1 Å². The first-order valence-electron chi connectivity index (χ1n) is 7.05. The van der Waals surface area contributed by atoms with E-state index in [4.69, 9.17) is 0 Å². The van der Waals surface area contributed by atoms with Crippen molar-refractivity contribution in [2.75, 3.05) is 0 Å². The number of carbonyl (C=O) groups is 1. The summed E-state index contributed by atoms with van der Waals surface area (Å²) in [5, 5.41) is 11.4. The van der Waals surface area contributed by atoms with E-state index >= 15 is 0 Å². The first kappa shape index (κ1) is 14.2. The first-order chi connectivity index (χ1) is 10.5. The second-order valence-electron chi connectivity index (χ2n) is 5.42. The molecule has 3 aromatic heterocycles. The zero-order valence-corrected chi connectivity index (χ0v) is 13.1. The maximum absolute atomic E-state index is 12.4. The lowest BCUT2D eigenvalue weighted by molar-refractivity contribution is 0.0951. The molecule has 0 saturated heterocycles. The number of aromatic nitrogens is 5. The van der Waals surface area contributed by atoms with Gasteiger partial charge in [0, 0.05) is 18.4 Å². The number of carbonyl (C=O) groups excluding carboxylic acids is 1. The fourth-order valence-corrected chi connectivity index (χ4v) is 2.53. The highest BCUT2D eigenvalue weighted by Gasteiger charge is 2.15. The summed E-state index contributed by atoms with van der Waals surface area (Å²) < 4.78 is 3.44. The van der Waals surface area contributed by atoms with Crippen molar-refractivity contribution in [3.8, 4) is 0 Å². The molecule has 7 nitrogen and oxygen atoms in total. The zero-order valence-electron chi connectivity index (χ0n) is 13.1. The van der Waals surface area contributed by atoms with Crippen molar-refractivity contribution < 1.29 is 4.79 Å². The monoisotopic (exact) mass is 298 g/mol. The van der Waals surface area contributed by atoms with Gasteiger partial charge in [-0.15, -0.1) is 0 Å². The van der Waals surface area contributed by atoms with Gasteiger partial charge >= 0.3 is 0 Å². The summed E-state index contributed by atoms with van der Waals surface area (Å²) in [6, 6.07) is 3.88. The quantitative estimate of drug-likeness (QED) is 0.791. The third-order valence-electron chi connectivity index (χ3n) is 3.55. The normalized spacial score (nSPS) is 11.1. The van der Waals surface area contributed by atoms with Gasteiger partial charge in [0.25, 0.3) is 5.91 Å². The molecule has 0 aliphatic heterocycles. The average Bonchev–Trinajstić information content (AvgIpc) is 2.99. The molecule has 0 spiro atoms. The standard InChI is InChI=1S/C15H18N6O/c1-9-5-11(3)21-14(18-9)13(8-17-21)15(22)16-7-12-6-10(2)19-20(12)4/h5-6,8H,7H2,1-4H3,(H,16,22). The number of nitrogens with one attached hydrogen (secondary N) is 1. The van der Waals surface area contributed by atoms with Gasteiger partial charge in [0.1, 0.15) is 5.56 Å². The van der Waals surface area contributed by atoms with Crippen LogP contribution in [-0.2, 0) is 13.6 Å². The van der Waals surface area contributed by atoms with Crippen molar-refractivity contribution in [3.05, 3.63) is 46.7 Å². The smallest absolute Gasteiger partial charge is 0.257 e. The van der Waals surface area contributed by atoms with Crippen molar-refractivity contribution in [3.63, 3.8) is 0 Å². The minimum Gasteiger partial charge on any atom is -0.346 e. The molecule has 22 heavy (non-hydrogen) atoms. The van der Waals surface area contributed by atoms with Gasteiger partial charge in [0.15, 0.2) is 5.65 Å². The molecule has 114 valence electrons. The second kappa shape index (κ2) is 5.25. The van der Waals surface area contributed by atoms with Gasteiger partial charge in [-0.1, -0.05) is 0 Å². The molecular formula is C15H18N6O. The highest BCUT2D eigenvalue weighted by Crippen LogP contribution is 2.12. The Hall–Kier alpha value is -2.70. The molecule has 3 rings (SSSR count). The third-order valence-corrected chi connectivity index (χ3v) is 3.55. The summed E-state index contributed by atoms with van der Waals surface area (Å²) in [5.74, 6) is -0.189. The van der Waals surface area contributed by atoms with Gasteiger partial charge < -0.3 is 5.32 Å². The Labute approximate surface area is 128 Å². The molecular weight excluding hydrogens is 280 g/mol. The summed E-state index contributed by atoms with van der Waals surface area (Å²) in [7, 11) is 1.86. The van der Waals surface area contributed by atoms with Crippen LogP contribution in [0.25, 0.3) is 5.65 Å². The van der Waals surface area contributed by atoms with E-state index in [1.807, 2.05) is 40.0 Å². The van der Waals surface area contributed by atoms with Crippen molar-refractivity contribution in [1.82, 2.24) is 29.7 Å². The van der Waals surface area contributed by atoms with Gasteiger partial charge in [0.05, 0.1) is 24.1 Å². The van der Waals surface area contributed by atoms with Crippen LogP contribution in [0.1, 0.15) is 33.1 Å². The second-order valence-corrected chi connectivity index (χ2v) is 5.42. The number of fused-ring (bicyclic) bond motifs is 1. The van der Waals surface area contributed by atoms with E-state index in [0.29, 0.717) is 17.8 Å². The maximum atomic E-state index is 12.4. The molecule has 0 unspecified atom stereocenters. The summed E-state index contributed by atoms with van der Waals surface area (Å²) in [6.45, 7) is 6.18. The zero-order chi connectivity index (χ0) is 15.9. The van der Waals surface area contributed by atoms with Crippen LogP contribution in [0, 0.1) is 20.8 Å². The summed E-state index contributed by atoms with van der Waals surface area (Å²) in [6.07, 6.45) is 1.55. The van der Waals surface area contributed by atoms with Gasteiger partial charge in [-0.25, -0.2) is 9.50 Å². The Morgan fingerprint density at radius 3 is 2.68 bits per heavy atom. The van der Waals surface area contributed by atoms with E-state index < -0.39 is 0 Å².